The summed E-state index contributed by atoms with van der Waals surface area (Å²) in [6.07, 6.45) is 0. The van der Waals surface area contributed by atoms with Crippen LogP contribution < -0.4 is 5.32 Å². The van der Waals surface area contributed by atoms with Crippen LogP contribution in [-0.4, -0.2) is 16.1 Å². The van der Waals surface area contributed by atoms with Crippen molar-refractivity contribution in [2.24, 2.45) is 0 Å². The molecule has 0 fully saturated rings. The van der Waals surface area contributed by atoms with Gasteiger partial charge in [0.1, 0.15) is 5.69 Å². The third-order valence-corrected chi connectivity index (χ3v) is 3.20. The van der Waals surface area contributed by atoms with Gasteiger partial charge in [-0.25, -0.2) is 0 Å². The summed E-state index contributed by atoms with van der Waals surface area (Å²) in [5.41, 5.74) is 4.13. The van der Waals surface area contributed by atoms with Crippen molar-refractivity contribution in [3.8, 4) is 11.3 Å². The van der Waals surface area contributed by atoms with Gasteiger partial charge in [0.25, 0.3) is 5.91 Å². The molecule has 0 saturated heterocycles. The molecule has 3 aromatic rings. The highest BCUT2D eigenvalue weighted by molar-refractivity contribution is 6.03. The minimum atomic E-state index is -0.202. The van der Waals surface area contributed by atoms with Crippen molar-refractivity contribution in [3.05, 3.63) is 71.9 Å². The van der Waals surface area contributed by atoms with Crippen LogP contribution in [0.2, 0.25) is 0 Å². The van der Waals surface area contributed by atoms with Crippen molar-refractivity contribution in [2.45, 2.75) is 6.92 Å². The molecule has 0 aliphatic heterocycles. The van der Waals surface area contributed by atoms with E-state index in [4.69, 9.17) is 0 Å². The Kier molecular flexibility index (Phi) is 3.51. The molecule has 1 amide bonds. The summed E-state index contributed by atoms with van der Waals surface area (Å²) in [5.74, 6) is -0.202. The van der Waals surface area contributed by atoms with E-state index < -0.39 is 0 Å². The molecule has 104 valence electrons. The summed E-state index contributed by atoms with van der Waals surface area (Å²) in [7, 11) is 0. The van der Waals surface area contributed by atoms with E-state index in [0.717, 1.165) is 16.9 Å². The summed E-state index contributed by atoms with van der Waals surface area (Å²) in [6, 6.07) is 19.1. The number of benzene rings is 2. The van der Waals surface area contributed by atoms with Crippen LogP contribution in [0.5, 0.6) is 0 Å². The Hall–Kier alpha value is -2.88. The third-order valence-electron chi connectivity index (χ3n) is 3.20. The largest absolute Gasteiger partial charge is 0.321 e. The molecule has 0 saturated carbocycles. The zero-order valence-electron chi connectivity index (χ0n) is 11.6. The van der Waals surface area contributed by atoms with E-state index in [9.17, 15) is 4.79 Å². The van der Waals surface area contributed by atoms with Gasteiger partial charge in [-0.15, -0.1) is 0 Å². The van der Waals surface area contributed by atoms with Gasteiger partial charge in [-0.1, -0.05) is 48.0 Å². The molecule has 0 unspecified atom stereocenters. The fraction of sp³-hybridized carbons (Fsp3) is 0.0588. The summed E-state index contributed by atoms with van der Waals surface area (Å²) < 4.78 is 0. The summed E-state index contributed by atoms with van der Waals surface area (Å²) >= 11 is 0. The maximum Gasteiger partial charge on any atom is 0.273 e. The number of aromatic amines is 1. The van der Waals surface area contributed by atoms with E-state index in [1.165, 1.54) is 5.56 Å². The first-order chi connectivity index (χ1) is 10.2. The van der Waals surface area contributed by atoms with E-state index in [-0.39, 0.29) is 5.91 Å². The van der Waals surface area contributed by atoms with Crippen LogP contribution in [0.1, 0.15) is 16.1 Å². The van der Waals surface area contributed by atoms with Crippen molar-refractivity contribution in [2.75, 3.05) is 5.32 Å². The predicted molar refractivity (Wildman–Crippen MR) is 83.2 cm³/mol. The number of anilines is 1. The number of para-hydroxylation sites is 1. The second-order valence-corrected chi connectivity index (χ2v) is 4.85. The van der Waals surface area contributed by atoms with E-state index in [1.807, 2.05) is 61.5 Å². The van der Waals surface area contributed by atoms with Crippen LogP contribution in [0.3, 0.4) is 0 Å². The van der Waals surface area contributed by atoms with Crippen LogP contribution in [0.15, 0.2) is 60.7 Å². The first-order valence-electron chi connectivity index (χ1n) is 6.71. The van der Waals surface area contributed by atoms with E-state index in [2.05, 4.69) is 15.5 Å². The molecule has 0 aliphatic carbocycles. The lowest BCUT2D eigenvalue weighted by Gasteiger charge is -2.01. The highest BCUT2D eigenvalue weighted by Crippen LogP contribution is 2.18. The van der Waals surface area contributed by atoms with E-state index in [0.29, 0.717) is 5.69 Å². The molecule has 1 heterocycles. The number of nitrogens with one attached hydrogen (secondary N) is 2. The van der Waals surface area contributed by atoms with Crippen molar-refractivity contribution in [3.63, 3.8) is 0 Å². The molecule has 0 atom stereocenters. The molecule has 4 heteroatoms. The van der Waals surface area contributed by atoms with Gasteiger partial charge in [0.05, 0.1) is 5.69 Å². The number of carbonyl (C=O) groups is 1. The number of H-pyrrole nitrogens is 1. The monoisotopic (exact) mass is 277 g/mol. The number of aryl methyl sites for hydroxylation is 1. The zero-order valence-corrected chi connectivity index (χ0v) is 11.6. The molecule has 3 rings (SSSR count). The number of amides is 1. The lowest BCUT2D eigenvalue weighted by molar-refractivity contribution is 0.102. The van der Waals surface area contributed by atoms with E-state index in [1.54, 1.807) is 6.07 Å². The minimum absolute atomic E-state index is 0.202. The Morgan fingerprint density at radius 2 is 1.76 bits per heavy atom. The highest BCUT2D eigenvalue weighted by atomic mass is 16.1. The number of aromatic nitrogens is 2. The number of carbonyl (C=O) groups excluding carboxylic acids is 1. The Balaban J connectivity index is 1.78. The first kappa shape index (κ1) is 13.1. The standard InChI is InChI=1S/C17H15N3O/c1-12-7-9-13(10-8-12)15-11-16(20-19-15)17(21)18-14-5-3-2-4-6-14/h2-11H,1H3,(H,18,21)(H,19,20). The molecule has 4 nitrogen and oxygen atoms in total. The molecule has 1 aromatic heterocycles. The van der Waals surface area contributed by atoms with Gasteiger partial charge in [0.15, 0.2) is 0 Å². The van der Waals surface area contributed by atoms with Gasteiger partial charge in [-0.3, -0.25) is 9.89 Å². The van der Waals surface area contributed by atoms with Crippen molar-refractivity contribution < 1.29 is 4.79 Å². The van der Waals surface area contributed by atoms with Crippen LogP contribution in [0.4, 0.5) is 5.69 Å². The number of nitrogens with zero attached hydrogens (tertiary/aromatic N) is 1. The SMILES string of the molecule is Cc1ccc(-c2cc(C(=O)Nc3ccccc3)[nH]n2)cc1. The van der Waals surface area contributed by atoms with Gasteiger partial charge in [0.2, 0.25) is 0 Å². The third kappa shape index (κ3) is 3.00. The molecule has 0 bridgehead atoms. The zero-order chi connectivity index (χ0) is 14.7. The normalized spacial score (nSPS) is 10.3. The highest BCUT2D eigenvalue weighted by Gasteiger charge is 2.11. The lowest BCUT2D eigenvalue weighted by atomic mass is 10.1. The fourth-order valence-electron chi connectivity index (χ4n) is 2.03. The van der Waals surface area contributed by atoms with Crippen molar-refractivity contribution in [1.82, 2.24) is 10.2 Å². The van der Waals surface area contributed by atoms with Gasteiger partial charge < -0.3 is 5.32 Å². The molecule has 0 aliphatic rings. The average molecular weight is 277 g/mol. The van der Waals surface area contributed by atoms with Crippen LogP contribution in [0.25, 0.3) is 11.3 Å². The average Bonchev–Trinajstić information content (AvgIpc) is 2.99. The Labute approximate surface area is 122 Å². The number of hydrogen-bond donors (Lipinski definition) is 2. The number of hydrogen-bond acceptors (Lipinski definition) is 2. The van der Waals surface area contributed by atoms with E-state index >= 15 is 0 Å². The first-order valence-corrected chi connectivity index (χ1v) is 6.71. The van der Waals surface area contributed by atoms with Crippen molar-refractivity contribution >= 4 is 11.6 Å². The molecule has 0 spiro atoms. The summed E-state index contributed by atoms with van der Waals surface area (Å²) in [4.78, 5) is 12.1. The van der Waals surface area contributed by atoms with Crippen LogP contribution in [0, 0.1) is 6.92 Å². The minimum Gasteiger partial charge on any atom is -0.321 e. The molecule has 0 radical (unpaired) electrons. The Bertz CT molecular complexity index is 745. The molecule has 2 aromatic carbocycles. The molecular weight excluding hydrogens is 262 g/mol. The number of rotatable bonds is 3. The van der Waals surface area contributed by atoms with Crippen LogP contribution >= 0.6 is 0 Å². The molecular formula is C17H15N3O. The van der Waals surface area contributed by atoms with Crippen molar-refractivity contribution in [1.29, 1.82) is 0 Å². The maximum atomic E-state index is 12.1. The predicted octanol–water partition coefficient (Wildman–Crippen LogP) is 3.64. The smallest absolute Gasteiger partial charge is 0.273 e. The van der Waals surface area contributed by atoms with Gasteiger partial charge in [0, 0.05) is 11.3 Å². The molecule has 2 N–H and O–H groups in total. The quantitative estimate of drug-likeness (QED) is 0.768. The summed E-state index contributed by atoms with van der Waals surface area (Å²) in [6.45, 7) is 2.03. The molecule has 21 heavy (non-hydrogen) atoms. The van der Waals surface area contributed by atoms with Gasteiger partial charge in [-0.2, -0.15) is 5.10 Å². The fourth-order valence-corrected chi connectivity index (χ4v) is 2.03. The second-order valence-electron chi connectivity index (χ2n) is 4.85. The van der Waals surface area contributed by atoms with Gasteiger partial charge >= 0.3 is 0 Å². The lowest BCUT2D eigenvalue weighted by Crippen LogP contribution is -2.12. The maximum absolute atomic E-state index is 12.1. The Morgan fingerprint density at radius 1 is 1.05 bits per heavy atom. The Morgan fingerprint density at radius 3 is 2.48 bits per heavy atom. The van der Waals surface area contributed by atoms with Crippen LogP contribution in [-0.2, 0) is 0 Å². The van der Waals surface area contributed by atoms with Gasteiger partial charge in [-0.05, 0) is 25.1 Å². The second kappa shape index (κ2) is 5.63. The summed E-state index contributed by atoms with van der Waals surface area (Å²) in [5, 5.41) is 9.79. The topological polar surface area (TPSA) is 57.8 Å².